The van der Waals surface area contributed by atoms with Crippen molar-refractivity contribution in [3.8, 4) is 5.75 Å². The van der Waals surface area contributed by atoms with E-state index in [0.717, 1.165) is 37.4 Å². The maximum Gasteiger partial charge on any atom is 0.258 e. The molecule has 2 fully saturated rings. The van der Waals surface area contributed by atoms with Crippen LogP contribution in [-0.4, -0.2) is 68.5 Å². The molecule has 2 aromatic rings. The number of hydrogen-bond donors (Lipinski definition) is 1. The quantitative estimate of drug-likeness (QED) is 0.671. The number of carbonyl (C=O) groups excluding carboxylic acids is 3. The number of piperazine rings is 1. The highest BCUT2D eigenvalue weighted by Gasteiger charge is 2.22. The van der Waals surface area contributed by atoms with Crippen molar-refractivity contribution in [3.63, 3.8) is 0 Å². The first-order valence-corrected chi connectivity index (χ1v) is 11.5. The van der Waals surface area contributed by atoms with Gasteiger partial charge in [-0.25, -0.2) is 0 Å². The lowest BCUT2D eigenvalue weighted by Crippen LogP contribution is -2.51. The Morgan fingerprint density at radius 3 is 2.21 bits per heavy atom. The summed E-state index contributed by atoms with van der Waals surface area (Å²) in [5.41, 5.74) is 1.91. The van der Waals surface area contributed by atoms with Gasteiger partial charge in [-0.05, 0) is 55.0 Å². The lowest BCUT2D eigenvalue weighted by molar-refractivity contribution is -0.133. The molecule has 0 atom stereocenters. The molecule has 2 aromatic carbocycles. The predicted octanol–water partition coefficient (Wildman–Crippen LogP) is 2.31. The number of halogens is 1. The van der Waals surface area contributed by atoms with E-state index in [4.69, 9.17) is 16.3 Å². The molecule has 0 aliphatic carbocycles. The van der Waals surface area contributed by atoms with E-state index in [9.17, 15) is 14.4 Å². The van der Waals surface area contributed by atoms with E-state index >= 15 is 0 Å². The first-order valence-electron chi connectivity index (χ1n) is 11.1. The second kappa shape index (κ2) is 10.6. The Bertz CT molecular complexity index is 989. The summed E-state index contributed by atoms with van der Waals surface area (Å²) in [6.45, 7) is 3.14. The van der Waals surface area contributed by atoms with Crippen LogP contribution in [0.25, 0.3) is 0 Å². The minimum absolute atomic E-state index is 0.0564. The van der Waals surface area contributed by atoms with Crippen LogP contribution in [0, 0.1) is 0 Å². The summed E-state index contributed by atoms with van der Waals surface area (Å²) in [6, 6.07) is 14.7. The van der Waals surface area contributed by atoms with E-state index in [1.807, 2.05) is 36.4 Å². The lowest BCUT2D eigenvalue weighted by atomic mass is 10.2. The van der Waals surface area contributed by atoms with Crippen molar-refractivity contribution in [1.82, 2.24) is 10.2 Å². The third-order valence-corrected chi connectivity index (χ3v) is 6.10. The smallest absolute Gasteiger partial charge is 0.258 e. The van der Waals surface area contributed by atoms with Crippen LogP contribution in [0.4, 0.5) is 11.4 Å². The number of anilines is 2. The number of rotatable bonds is 7. The molecule has 2 saturated heterocycles. The topological polar surface area (TPSA) is 82.2 Å². The minimum Gasteiger partial charge on any atom is -0.484 e. The van der Waals surface area contributed by atoms with Crippen LogP contribution in [0.3, 0.4) is 0 Å². The SMILES string of the molecule is O=C(COc1ccc(N2CCCC2=O)cc1)NCC(=O)N1CCN(c2ccc(Cl)cc2)CC1. The Balaban J connectivity index is 1.16. The summed E-state index contributed by atoms with van der Waals surface area (Å²) in [7, 11) is 0. The van der Waals surface area contributed by atoms with Crippen LogP contribution in [0.5, 0.6) is 5.75 Å². The first kappa shape index (κ1) is 22.9. The number of nitrogens with one attached hydrogen (secondary N) is 1. The Labute approximate surface area is 198 Å². The average molecular weight is 471 g/mol. The zero-order chi connectivity index (χ0) is 23.2. The van der Waals surface area contributed by atoms with Gasteiger partial charge in [-0.2, -0.15) is 0 Å². The molecule has 3 amide bonds. The van der Waals surface area contributed by atoms with Gasteiger partial charge in [-0.1, -0.05) is 11.6 Å². The molecule has 0 aromatic heterocycles. The highest BCUT2D eigenvalue weighted by atomic mass is 35.5. The van der Waals surface area contributed by atoms with Crippen LogP contribution >= 0.6 is 11.6 Å². The molecule has 2 aliphatic heterocycles. The number of nitrogens with zero attached hydrogens (tertiary/aromatic N) is 3. The van der Waals surface area contributed by atoms with Crippen LogP contribution in [0.1, 0.15) is 12.8 Å². The molecular weight excluding hydrogens is 444 g/mol. The van der Waals surface area contributed by atoms with Crippen molar-refractivity contribution in [1.29, 1.82) is 0 Å². The van der Waals surface area contributed by atoms with Gasteiger partial charge in [0.25, 0.3) is 5.91 Å². The average Bonchev–Trinajstić information content (AvgIpc) is 3.28. The second-order valence-electron chi connectivity index (χ2n) is 8.05. The Morgan fingerprint density at radius 2 is 1.58 bits per heavy atom. The van der Waals surface area contributed by atoms with E-state index < -0.39 is 0 Å². The third-order valence-electron chi connectivity index (χ3n) is 5.85. The van der Waals surface area contributed by atoms with Crippen LogP contribution in [0.15, 0.2) is 48.5 Å². The fraction of sp³-hybridized carbons (Fsp3) is 0.375. The van der Waals surface area contributed by atoms with E-state index in [1.165, 1.54) is 0 Å². The number of carbonyl (C=O) groups is 3. The molecule has 8 nitrogen and oxygen atoms in total. The van der Waals surface area contributed by atoms with Gasteiger partial charge in [0, 0.05) is 55.5 Å². The van der Waals surface area contributed by atoms with Crippen molar-refractivity contribution in [2.24, 2.45) is 0 Å². The predicted molar refractivity (Wildman–Crippen MR) is 127 cm³/mol. The third kappa shape index (κ3) is 5.96. The molecule has 0 spiro atoms. The highest BCUT2D eigenvalue weighted by Crippen LogP contribution is 2.24. The van der Waals surface area contributed by atoms with Gasteiger partial charge in [-0.15, -0.1) is 0 Å². The van der Waals surface area contributed by atoms with E-state index in [-0.39, 0.29) is 30.9 Å². The molecule has 1 N–H and O–H groups in total. The first-order chi connectivity index (χ1) is 16.0. The number of benzene rings is 2. The van der Waals surface area contributed by atoms with Crippen molar-refractivity contribution >= 4 is 40.7 Å². The molecule has 0 radical (unpaired) electrons. The van der Waals surface area contributed by atoms with Crippen LogP contribution in [-0.2, 0) is 14.4 Å². The zero-order valence-corrected chi connectivity index (χ0v) is 19.1. The second-order valence-corrected chi connectivity index (χ2v) is 8.49. The Morgan fingerprint density at radius 1 is 0.909 bits per heavy atom. The molecule has 2 heterocycles. The largest absolute Gasteiger partial charge is 0.484 e. The maximum absolute atomic E-state index is 12.5. The fourth-order valence-electron chi connectivity index (χ4n) is 4.00. The maximum atomic E-state index is 12.5. The molecule has 4 rings (SSSR count). The van der Waals surface area contributed by atoms with Gasteiger partial charge in [-0.3, -0.25) is 14.4 Å². The summed E-state index contributed by atoms with van der Waals surface area (Å²) < 4.78 is 5.51. The summed E-state index contributed by atoms with van der Waals surface area (Å²) in [5, 5.41) is 3.32. The minimum atomic E-state index is -0.359. The molecule has 2 aliphatic rings. The van der Waals surface area contributed by atoms with Crippen LogP contribution < -0.4 is 19.9 Å². The Hall–Kier alpha value is -3.26. The van der Waals surface area contributed by atoms with E-state index in [2.05, 4.69) is 10.2 Å². The highest BCUT2D eigenvalue weighted by molar-refractivity contribution is 6.30. The number of hydrogen-bond acceptors (Lipinski definition) is 5. The van der Waals surface area contributed by atoms with Crippen molar-refractivity contribution in [2.45, 2.75) is 12.8 Å². The van der Waals surface area contributed by atoms with Gasteiger partial charge in [0.05, 0.1) is 6.54 Å². The fourth-order valence-corrected chi connectivity index (χ4v) is 4.12. The monoisotopic (exact) mass is 470 g/mol. The lowest BCUT2D eigenvalue weighted by Gasteiger charge is -2.36. The standard InChI is InChI=1S/C24H27ClN4O4/c25-18-3-5-19(6-4-18)27-12-14-28(15-13-27)24(32)16-26-22(30)17-33-21-9-7-20(8-10-21)29-11-1-2-23(29)31/h3-10H,1-2,11-17H2,(H,26,30). The molecule has 0 saturated carbocycles. The van der Waals surface area contributed by atoms with E-state index in [0.29, 0.717) is 30.3 Å². The van der Waals surface area contributed by atoms with Gasteiger partial charge in [0.1, 0.15) is 5.75 Å². The van der Waals surface area contributed by atoms with Crippen molar-refractivity contribution < 1.29 is 19.1 Å². The summed E-state index contributed by atoms with van der Waals surface area (Å²) in [6.07, 6.45) is 1.45. The molecule has 0 bridgehead atoms. The van der Waals surface area contributed by atoms with Crippen molar-refractivity contribution in [3.05, 3.63) is 53.6 Å². The molecular formula is C24H27ClN4O4. The van der Waals surface area contributed by atoms with Gasteiger partial charge in [0.15, 0.2) is 6.61 Å². The summed E-state index contributed by atoms with van der Waals surface area (Å²) >= 11 is 5.94. The van der Waals surface area contributed by atoms with Gasteiger partial charge < -0.3 is 24.8 Å². The van der Waals surface area contributed by atoms with Gasteiger partial charge >= 0.3 is 0 Å². The van der Waals surface area contributed by atoms with Gasteiger partial charge in [0.2, 0.25) is 11.8 Å². The normalized spacial score (nSPS) is 16.2. The molecule has 33 heavy (non-hydrogen) atoms. The van der Waals surface area contributed by atoms with Crippen LogP contribution in [0.2, 0.25) is 5.02 Å². The Kier molecular flexibility index (Phi) is 7.34. The number of amides is 3. The molecule has 0 unspecified atom stereocenters. The zero-order valence-electron chi connectivity index (χ0n) is 18.3. The van der Waals surface area contributed by atoms with Crippen molar-refractivity contribution in [2.75, 3.05) is 55.7 Å². The summed E-state index contributed by atoms with van der Waals surface area (Å²) in [4.78, 5) is 42.1. The molecule has 9 heteroatoms. The summed E-state index contributed by atoms with van der Waals surface area (Å²) in [5.74, 6) is 0.185. The number of ether oxygens (including phenoxy) is 1. The van der Waals surface area contributed by atoms with E-state index in [1.54, 1.807) is 21.9 Å². The molecule has 174 valence electrons.